The third-order valence-corrected chi connectivity index (χ3v) is 4.36. The number of nitrogens with zero attached hydrogens (tertiary/aromatic N) is 1. The maximum Gasteiger partial charge on any atom is 0.123 e. The maximum absolute atomic E-state index is 6.20. The normalized spacial score (nSPS) is 20.1. The molecule has 1 aliphatic heterocycles. The maximum atomic E-state index is 6.20. The van der Waals surface area contributed by atoms with Crippen LogP contribution in [-0.4, -0.2) is 38.2 Å². The molecule has 1 N–H and O–H groups in total. The third kappa shape index (κ3) is 4.40. The second-order valence-electron chi connectivity index (χ2n) is 5.45. The summed E-state index contributed by atoms with van der Waals surface area (Å²) >= 11 is 6.20. The van der Waals surface area contributed by atoms with Crippen molar-refractivity contribution in [1.82, 2.24) is 10.2 Å². The predicted molar refractivity (Wildman–Crippen MR) is 92.4 cm³/mol. The Morgan fingerprint density at radius 3 is 2.48 bits per heavy atom. The van der Waals surface area contributed by atoms with Crippen LogP contribution < -0.4 is 10.1 Å². The average Bonchev–Trinajstić information content (AvgIpc) is 3.25. The molecule has 0 spiro atoms. The van der Waals surface area contributed by atoms with E-state index in [2.05, 4.69) is 16.3 Å². The van der Waals surface area contributed by atoms with Crippen LogP contribution in [0.2, 0.25) is 5.02 Å². The molecular formula is C15H23Cl3N2O. The number of halogens is 3. The first kappa shape index (κ1) is 18.9. The smallest absolute Gasteiger partial charge is 0.123 e. The largest absolute Gasteiger partial charge is 0.496 e. The number of hydrogen-bond acceptors (Lipinski definition) is 3. The molecule has 0 radical (unpaired) electrons. The third-order valence-electron chi connectivity index (χ3n) is 4.12. The zero-order valence-electron chi connectivity index (χ0n) is 12.2. The summed E-state index contributed by atoms with van der Waals surface area (Å²) in [5.41, 5.74) is 1.26. The van der Waals surface area contributed by atoms with Gasteiger partial charge in [0.2, 0.25) is 0 Å². The summed E-state index contributed by atoms with van der Waals surface area (Å²) in [6, 6.07) is 6.46. The molecule has 120 valence electrons. The molecule has 3 nitrogen and oxygen atoms in total. The number of ether oxygens (including phenoxy) is 1. The van der Waals surface area contributed by atoms with Crippen LogP contribution in [0.3, 0.4) is 0 Å². The van der Waals surface area contributed by atoms with Gasteiger partial charge < -0.3 is 10.1 Å². The van der Waals surface area contributed by atoms with Crippen LogP contribution in [0.5, 0.6) is 5.75 Å². The summed E-state index contributed by atoms with van der Waals surface area (Å²) in [5.74, 6) is 1.74. The summed E-state index contributed by atoms with van der Waals surface area (Å²) in [6.45, 7) is 4.37. The van der Waals surface area contributed by atoms with Crippen LogP contribution in [0.25, 0.3) is 0 Å². The molecule has 1 aliphatic carbocycles. The van der Waals surface area contributed by atoms with Crippen LogP contribution in [0, 0.1) is 5.92 Å². The molecular weight excluding hydrogens is 331 g/mol. The summed E-state index contributed by atoms with van der Waals surface area (Å²) in [4.78, 5) is 2.59. The summed E-state index contributed by atoms with van der Waals surface area (Å²) in [5, 5.41) is 4.22. The molecule has 0 bridgehead atoms. The van der Waals surface area contributed by atoms with Gasteiger partial charge in [0.1, 0.15) is 5.75 Å². The van der Waals surface area contributed by atoms with E-state index in [0.29, 0.717) is 6.04 Å². The van der Waals surface area contributed by atoms with E-state index >= 15 is 0 Å². The number of piperazine rings is 1. The van der Waals surface area contributed by atoms with E-state index in [-0.39, 0.29) is 24.8 Å². The standard InChI is InChI=1S/C15H21ClN2O.2ClH/c1-19-14-5-4-12(16)10-13(14)15(11-2-3-11)18-8-6-17-7-9-18;;/h4-5,10-11,15,17H,2-3,6-9H2,1H3;2*1H/t15-;;/m1../s1. The Morgan fingerprint density at radius 1 is 1.24 bits per heavy atom. The first-order valence-electron chi connectivity index (χ1n) is 7.08. The van der Waals surface area contributed by atoms with E-state index in [0.717, 1.165) is 42.9 Å². The van der Waals surface area contributed by atoms with Gasteiger partial charge >= 0.3 is 0 Å². The van der Waals surface area contributed by atoms with E-state index in [1.165, 1.54) is 18.4 Å². The van der Waals surface area contributed by atoms with E-state index in [1.807, 2.05) is 12.1 Å². The van der Waals surface area contributed by atoms with Gasteiger partial charge in [0.05, 0.1) is 7.11 Å². The van der Waals surface area contributed by atoms with Crippen LogP contribution in [0.4, 0.5) is 0 Å². The molecule has 0 unspecified atom stereocenters. The topological polar surface area (TPSA) is 24.5 Å². The molecule has 0 aromatic heterocycles. The zero-order chi connectivity index (χ0) is 13.2. The predicted octanol–water partition coefficient (Wildman–Crippen LogP) is 3.55. The Balaban J connectivity index is 0.00000110. The number of benzene rings is 1. The average molecular weight is 354 g/mol. The minimum atomic E-state index is 0. The fraction of sp³-hybridized carbons (Fsp3) is 0.600. The van der Waals surface area contributed by atoms with E-state index in [9.17, 15) is 0 Å². The van der Waals surface area contributed by atoms with Crippen molar-refractivity contribution in [2.24, 2.45) is 5.92 Å². The molecule has 1 aromatic rings. The molecule has 21 heavy (non-hydrogen) atoms. The number of rotatable bonds is 4. The van der Waals surface area contributed by atoms with Gasteiger partial charge in [-0.3, -0.25) is 4.90 Å². The minimum absolute atomic E-state index is 0. The van der Waals surface area contributed by atoms with Crippen LogP contribution in [0.1, 0.15) is 24.4 Å². The van der Waals surface area contributed by atoms with E-state index in [1.54, 1.807) is 7.11 Å². The van der Waals surface area contributed by atoms with Crippen molar-refractivity contribution in [3.63, 3.8) is 0 Å². The Bertz CT molecular complexity index is 449. The van der Waals surface area contributed by atoms with Gasteiger partial charge in [0.15, 0.2) is 0 Å². The fourth-order valence-corrected chi connectivity index (χ4v) is 3.24. The second-order valence-corrected chi connectivity index (χ2v) is 5.89. The molecule has 2 aliphatic rings. The van der Waals surface area contributed by atoms with Gasteiger partial charge in [-0.05, 0) is 37.0 Å². The molecule has 3 rings (SSSR count). The lowest BCUT2D eigenvalue weighted by molar-refractivity contribution is 0.153. The van der Waals surface area contributed by atoms with E-state index in [4.69, 9.17) is 16.3 Å². The van der Waals surface area contributed by atoms with Gasteiger partial charge in [0, 0.05) is 42.8 Å². The van der Waals surface area contributed by atoms with Gasteiger partial charge in [-0.25, -0.2) is 0 Å². The number of hydrogen-bond donors (Lipinski definition) is 1. The number of methoxy groups -OCH3 is 1. The van der Waals surface area contributed by atoms with Crippen molar-refractivity contribution in [2.75, 3.05) is 33.3 Å². The molecule has 1 heterocycles. The summed E-state index contributed by atoms with van der Waals surface area (Å²) in [6.07, 6.45) is 2.65. The Hall–Kier alpha value is -0.190. The minimum Gasteiger partial charge on any atom is -0.496 e. The molecule has 1 saturated heterocycles. The van der Waals surface area contributed by atoms with Crippen molar-refractivity contribution in [3.8, 4) is 5.75 Å². The van der Waals surface area contributed by atoms with Crippen LogP contribution in [-0.2, 0) is 0 Å². The zero-order valence-corrected chi connectivity index (χ0v) is 14.6. The van der Waals surface area contributed by atoms with Gasteiger partial charge in [-0.1, -0.05) is 11.6 Å². The molecule has 1 atom stereocenters. The SMILES string of the molecule is COc1ccc(Cl)cc1[C@@H](C1CC1)N1CCNCC1.Cl.Cl. The quantitative estimate of drug-likeness (QED) is 0.896. The van der Waals surface area contributed by atoms with Crippen LogP contribution >= 0.6 is 36.4 Å². The van der Waals surface area contributed by atoms with Gasteiger partial charge in [-0.15, -0.1) is 24.8 Å². The molecule has 0 amide bonds. The second kappa shape index (κ2) is 8.44. The van der Waals surface area contributed by atoms with Crippen molar-refractivity contribution in [1.29, 1.82) is 0 Å². The molecule has 2 fully saturated rings. The molecule has 1 saturated carbocycles. The lowest BCUT2D eigenvalue weighted by Gasteiger charge is -2.36. The van der Waals surface area contributed by atoms with Crippen molar-refractivity contribution in [2.45, 2.75) is 18.9 Å². The van der Waals surface area contributed by atoms with Gasteiger partial charge in [0.25, 0.3) is 0 Å². The Morgan fingerprint density at radius 2 is 1.90 bits per heavy atom. The fourth-order valence-electron chi connectivity index (χ4n) is 3.06. The van der Waals surface area contributed by atoms with Crippen LogP contribution in [0.15, 0.2) is 18.2 Å². The lowest BCUT2D eigenvalue weighted by Crippen LogP contribution is -2.45. The van der Waals surface area contributed by atoms with Crippen molar-refractivity contribution >= 4 is 36.4 Å². The highest BCUT2D eigenvalue weighted by atomic mass is 35.5. The number of nitrogens with one attached hydrogen (secondary N) is 1. The summed E-state index contributed by atoms with van der Waals surface area (Å²) < 4.78 is 5.55. The van der Waals surface area contributed by atoms with Crippen molar-refractivity contribution in [3.05, 3.63) is 28.8 Å². The van der Waals surface area contributed by atoms with Gasteiger partial charge in [-0.2, -0.15) is 0 Å². The Kier molecular flexibility index (Phi) is 7.58. The highest BCUT2D eigenvalue weighted by molar-refractivity contribution is 6.30. The van der Waals surface area contributed by atoms with Crippen molar-refractivity contribution < 1.29 is 4.74 Å². The highest BCUT2D eigenvalue weighted by Gasteiger charge is 2.38. The Labute approximate surface area is 144 Å². The van der Waals surface area contributed by atoms with E-state index < -0.39 is 0 Å². The highest BCUT2D eigenvalue weighted by Crippen LogP contribution is 2.47. The summed E-state index contributed by atoms with van der Waals surface area (Å²) in [7, 11) is 1.74. The monoisotopic (exact) mass is 352 g/mol. The lowest BCUT2D eigenvalue weighted by atomic mass is 9.98. The first-order valence-corrected chi connectivity index (χ1v) is 7.45. The molecule has 1 aromatic carbocycles. The first-order chi connectivity index (χ1) is 9.29. The molecule has 6 heteroatoms.